The summed E-state index contributed by atoms with van der Waals surface area (Å²) in [6.07, 6.45) is 0. The number of carboxylic acids is 1. The molecule has 10 heavy (non-hydrogen) atoms. The summed E-state index contributed by atoms with van der Waals surface area (Å²) in [6, 6.07) is 3.09. The molecule has 3 nitrogen and oxygen atoms in total. The molecule has 1 rings (SSSR count). The first-order chi connectivity index (χ1) is 4.74. The van der Waals surface area contributed by atoms with Gasteiger partial charge in [0.2, 0.25) is 0 Å². The molecule has 0 radical (unpaired) electrons. The highest BCUT2D eigenvalue weighted by Crippen LogP contribution is 2.15. The Morgan fingerprint density at radius 3 is 2.60 bits per heavy atom. The van der Waals surface area contributed by atoms with Gasteiger partial charge in [-0.05, 0) is 12.1 Å². The fourth-order valence-corrected chi connectivity index (χ4v) is 1.28. The fraction of sp³-hybridized carbons (Fsp3) is 0.167. The van der Waals surface area contributed by atoms with Crippen molar-refractivity contribution in [3.63, 3.8) is 0 Å². The number of thiophene rings is 1. The number of rotatable bonds is 2. The van der Waals surface area contributed by atoms with Crippen LogP contribution in [0, 0.1) is 0 Å². The number of aliphatic hydroxyl groups is 1. The Bertz CT molecular complexity index is 241. The second-order valence-electron chi connectivity index (χ2n) is 1.73. The van der Waals surface area contributed by atoms with E-state index in [-0.39, 0.29) is 11.5 Å². The SMILES string of the molecule is O=C(O)c1ccc(CO)s1. The van der Waals surface area contributed by atoms with Gasteiger partial charge in [-0.2, -0.15) is 0 Å². The van der Waals surface area contributed by atoms with E-state index in [1.54, 1.807) is 6.07 Å². The highest BCUT2D eigenvalue weighted by molar-refractivity contribution is 7.13. The van der Waals surface area contributed by atoms with Crippen LogP contribution in [-0.4, -0.2) is 16.2 Å². The third-order valence-electron chi connectivity index (χ3n) is 1.03. The van der Waals surface area contributed by atoms with E-state index < -0.39 is 5.97 Å². The number of hydrogen-bond acceptors (Lipinski definition) is 3. The molecule has 0 aliphatic carbocycles. The van der Waals surface area contributed by atoms with Gasteiger partial charge < -0.3 is 10.2 Å². The number of carboxylic acid groups (broad SMARTS) is 1. The minimum Gasteiger partial charge on any atom is -0.477 e. The van der Waals surface area contributed by atoms with Gasteiger partial charge in [0.05, 0.1) is 6.61 Å². The quantitative estimate of drug-likeness (QED) is 0.673. The summed E-state index contributed by atoms with van der Waals surface area (Å²) < 4.78 is 0. The molecule has 2 N–H and O–H groups in total. The summed E-state index contributed by atoms with van der Waals surface area (Å²) in [5, 5.41) is 17.0. The van der Waals surface area contributed by atoms with Gasteiger partial charge >= 0.3 is 5.97 Å². The van der Waals surface area contributed by atoms with Gasteiger partial charge in [0.15, 0.2) is 0 Å². The minimum absolute atomic E-state index is 0.0854. The van der Waals surface area contributed by atoms with Crippen LogP contribution in [0.3, 0.4) is 0 Å². The molecule has 0 aliphatic rings. The van der Waals surface area contributed by atoms with Crippen LogP contribution >= 0.6 is 11.3 Å². The predicted octanol–water partition coefficient (Wildman–Crippen LogP) is 0.939. The van der Waals surface area contributed by atoms with Crippen LogP contribution in [0.4, 0.5) is 0 Å². The van der Waals surface area contributed by atoms with Crippen LogP contribution in [-0.2, 0) is 6.61 Å². The van der Waals surface area contributed by atoms with Crippen LogP contribution in [0.25, 0.3) is 0 Å². The average Bonchev–Trinajstić information content (AvgIpc) is 2.34. The molecule has 0 saturated carbocycles. The zero-order chi connectivity index (χ0) is 7.56. The minimum atomic E-state index is -0.940. The Balaban J connectivity index is 2.88. The van der Waals surface area contributed by atoms with Crippen LogP contribution in [0.1, 0.15) is 14.5 Å². The maximum Gasteiger partial charge on any atom is 0.345 e. The fourth-order valence-electron chi connectivity index (χ4n) is 0.578. The summed E-state index contributed by atoms with van der Waals surface area (Å²) in [5.74, 6) is -0.940. The second-order valence-corrected chi connectivity index (χ2v) is 2.90. The van der Waals surface area contributed by atoms with Gasteiger partial charge in [-0.25, -0.2) is 4.79 Å². The van der Waals surface area contributed by atoms with Crippen molar-refractivity contribution >= 4 is 17.3 Å². The van der Waals surface area contributed by atoms with Crippen molar-refractivity contribution in [2.45, 2.75) is 6.61 Å². The Morgan fingerprint density at radius 1 is 1.60 bits per heavy atom. The summed E-state index contributed by atoms with van der Waals surface area (Å²) in [7, 11) is 0. The molecule has 0 saturated heterocycles. The highest BCUT2D eigenvalue weighted by Gasteiger charge is 2.04. The van der Waals surface area contributed by atoms with E-state index in [4.69, 9.17) is 10.2 Å². The van der Waals surface area contributed by atoms with Crippen molar-refractivity contribution in [1.82, 2.24) is 0 Å². The van der Waals surface area contributed by atoms with Crippen molar-refractivity contribution in [2.75, 3.05) is 0 Å². The van der Waals surface area contributed by atoms with Crippen molar-refractivity contribution in [1.29, 1.82) is 0 Å². The molecule has 0 atom stereocenters. The zero-order valence-corrected chi connectivity index (χ0v) is 5.89. The number of aromatic carboxylic acids is 1. The Hall–Kier alpha value is -0.870. The van der Waals surface area contributed by atoms with E-state index in [9.17, 15) is 4.79 Å². The van der Waals surface area contributed by atoms with Crippen molar-refractivity contribution < 1.29 is 15.0 Å². The topological polar surface area (TPSA) is 57.5 Å². The number of aliphatic hydroxyl groups excluding tert-OH is 1. The Morgan fingerprint density at radius 2 is 2.30 bits per heavy atom. The van der Waals surface area contributed by atoms with E-state index in [1.165, 1.54) is 6.07 Å². The van der Waals surface area contributed by atoms with E-state index in [2.05, 4.69) is 0 Å². The van der Waals surface area contributed by atoms with Crippen LogP contribution in [0.5, 0.6) is 0 Å². The van der Waals surface area contributed by atoms with Crippen molar-refractivity contribution in [3.8, 4) is 0 Å². The molecule has 1 heterocycles. The molecular weight excluding hydrogens is 152 g/mol. The predicted molar refractivity (Wildman–Crippen MR) is 37.2 cm³/mol. The molecule has 0 bridgehead atoms. The first kappa shape index (κ1) is 7.24. The molecule has 0 fully saturated rings. The average molecular weight is 158 g/mol. The van der Waals surface area contributed by atoms with Crippen LogP contribution < -0.4 is 0 Å². The van der Waals surface area contributed by atoms with E-state index in [0.717, 1.165) is 11.3 Å². The number of carbonyl (C=O) groups is 1. The third kappa shape index (κ3) is 1.34. The summed E-state index contributed by atoms with van der Waals surface area (Å²) in [6.45, 7) is -0.0854. The van der Waals surface area contributed by atoms with Gasteiger partial charge in [0.1, 0.15) is 4.88 Å². The molecular formula is C6H6O3S. The summed E-state index contributed by atoms with van der Waals surface area (Å²) in [5.41, 5.74) is 0. The zero-order valence-electron chi connectivity index (χ0n) is 5.07. The van der Waals surface area contributed by atoms with E-state index >= 15 is 0 Å². The van der Waals surface area contributed by atoms with Gasteiger partial charge in [0, 0.05) is 4.88 Å². The molecule has 54 valence electrons. The lowest BCUT2D eigenvalue weighted by Gasteiger charge is -1.83. The molecule has 0 aliphatic heterocycles. The maximum absolute atomic E-state index is 10.3. The number of hydrogen-bond donors (Lipinski definition) is 2. The monoisotopic (exact) mass is 158 g/mol. The van der Waals surface area contributed by atoms with E-state index in [0.29, 0.717) is 4.88 Å². The molecule has 1 aromatic rings. The second kappa shape index (κ2) is 2.81. The van der Waals surface area contributed by atoms with Gasteiger partial charge in [0.25, 0.3) is 0 Å². The Kier molecular flexibility index (Phi) is 2.03. The lowest BCUT2D eigenvalue weighted by Crippen LogP contribution is -1.89. The standard InChI is InChI=1S/C6H6O3S/c7-3-4-1-2-5(10-4)6(8)9/h1-2,7H,3H2,(H,8,9). The smallest absolute Gasteiger partial charge is 0.345 e. The largest absolute Gasteiger partial charge is 0.477 e. The van der Waals surface area contributed by atoms with Crippen LogP contribution in [0.15, 0.2) is 12.1 Å². The van der Waals surface area contributed by atoms with Crippen molar-refractivity contribution in [3.05, 3.63) is 21.9 Å². The molecule has 4 heteroatoms. The maximum atomic E-state index is 10.3. The molecule has 0 aromatic carbocycles. The van der Waals surface area contributed by atoms with Crippen molar-refractivity contribution in [2.24, 2.45) is 0 Å². The highest BCUT2D eigenvalue weighted by atomic mass is 32.1. The third-order valence-corrected chi connectivity index (χ3v) is 2.09. The van der Waals surface area contributed by atoms with Gasteiger partial charge in [-0.15, -0.1) is 11.3 Å². The first-order valence-corrected chi connectivity index (χ1v) is 3.48. The van der Waals surface area contributed by atoms with E-state index in [1.807, 2.05) is 0 Å². The Labute approximate surface area is 61.6 Å². The molecule has 0 spiro atoms. The van der Waals surface area contributed by atoms with Crippen LogP contribution in [0.2, 0.25) is 0 Å². The molecule has 0 amide bonds. The molecule has 1 aromatic heterocycles. The lowest BCUT2D eigenvalue weighted by atomic mass is 10.4. The summed E-state index contributed by atoms with van der Waals surface area (Å²) >= 11 is 1.09. The normalized spacial score (nSPS) is 9.70. The molecule has 0 unspecified atom stereocenters. The lowest BCUT2D eigenvalue weighted by molar-refractivity contribution is 0.0702. The first-order valence-electron chi connectivity index (χ1n) is 2.67. The van der Waals surface area contributed by atoms with Gasteiger partial charge in [-0.1, -0.05) is 0 Å². The summed E-state index contributed by atoms with van der Waals surface area (Å²) in [4.78, 5) is 11.2. The van der Waals surface area contributed by atoms with Gasteiger partial charge in [-0.3, -0.25) is 0 Å².